The molecule has 0 radical (unpaired) electrons. The SMILES string of the molecule is CCC(CC)CNC(C)(C(=O)O)C(F)(F)F. The molecular weight excluding hydrogens is 223 g/mol. The largest absolute Gasteiger partial charge is 0.480 e. The molecule has 6 heteroatoms. The van der Waals surface area contributed by atoms with Crippen LogP contribution in [0.2, 0.25) is 0 Å². The van der Waals surface area contributed by atoms with Gasteiger partial charge in [-0.2, -0.15) is 13.2 Å². The summed E-state index contributed by atoms with van der Waals surface area (Å²) in [6.07, 6.45) is -3.36. The highest BCUT2D eigenvalue weighted by atomic mass is 19.4. The summed E-state index contributed by atoms with van der Waals surface area (Å²) in [6.45, 7) is 4.43. The minimum Gasteiger partial charge on any atom is -0.480 e. The van der Waals surface area contributed by atoms with E-state index in [1.807, 2.05) is 13.8 Å². The molecule has 2 N–H and O–H groups in total. The lowest BCUT2D eigenvalue weighted by Gasteiger charge is -2.30. The third-order valence-corrected chi connectivity index (χ3v) is 2.89. The van der Waals surface area contributed by atoms with Crippen molar-refractivity contribution in [2.45, 2.75) is 45.3 Å². The van der Waals surface area contributed by atoms with Crippen LogP contribution in [-0.2, 0) is 4.79 Å². The Bertz CT molecular complexity index is 239. The third-order valence-electron chi connectivity index (χ3n) is 2.89. The summed E-state index contributed by atoms with van der Waals surface area (Å²) in [5.74, 6) is -1.84. The number of hydrogen-bond acceptors (Lipinski definition) is 2. The molecule has 0 saturated heterocycles. The summed E-state index contributed by atoms with van der Waals surface area (Å²) in [4.78, 5) is 10.7. The Kier molecular flexibility index (Phi) is 5.25. The van der Waals surface area contributed by atoms with Gasteiger partial charge >= 0.3 is 12.1 Å². The first-order valence-electron chi connectivity index (χ1n) is 5.24. The van der Waals surface area contributed by atoms with Gasteiger partial charge in [-0.25, -0.2) is 4.79 Å². The fraction of sp³-hybridized carbons (Fsp3) is 0.900. The van der Waals surface area contributed by atoms with Gasteiger partial charge in [-0.15, -0.1) is 0 Å². The average Bonchev–Trinajstić information content (AvgIpc) is 2.16. The number of alkyl halides is 3. The molecular formula is C10H18F3NO2. The van der Waals surface area contributed by atoms with Gasteiger partial charge in [0, 0.05) is 0 Å². The molecule has 0 aliphatic carbocycles. The molecule has 0 aromatic heterocycles. The average molecular weight is 241 g/mol. The molecule has 1 unspecified atom stereocenters. The summed E-state index contributed by atoms with van der Waals surface area (Å²) >= 11 is 0. The lowest BCUT2D eigenvalue weighted by atomic mass is 9.98. The maximum absolute atomic E-state index is 12.6. The molecule has 3 nitrogen and oxygen atoms in total. The molecule has 0 aromatic rings. The number of carbonyl (C=O) groups is 1. The summed E-state index contributed by atoms with van der Waals surface area (Å²) in [6, 6.07) is 0. The maximum Gasteiger partial charge on any atom is 0.417 e. The lowest BCUT2D eigenvalue weighted by molar-refractivity contribution is -0.206. The van der Waals surface area contributed by atoms with Crippen molar-refractivity contribution in [1.82, 2.24) is 5.32 Å². The zero-order valence-corrected chi connectivity index (χ0v) is 9.69. The Morgan fingerprint density at radius 2 is 1.75 bits per heavy atom. The molecule has 0 aliphatic rings. The van der Waals surface area contributed by atoms with E-state index in [0.29, 0.717) is 6.92 Å². The van der Waals surface area contributed by atoms with E-state index >= 15 is 0 Å². The van der Waals surface area contributed by atoms with Crippen LogP contribution in [0, 0.1) is 5.92 Å². The van der Waals surface area contributed by atoms with Crippen LogP contribution in [0.3, 0.4) is 0 Å². The number of carboxylic acid groups (broad SMARTS) is 1. The highest BCUT2D eigenvalue weighted by molar-refractivity contribution is 5.79. The van der Waals surface area contributed by atoms with Crippen LogP contribution in [0.5, 0.6) is 0 Å². The second-order valence-electron chi connectivity index (χ2n) is 3.99. The Balaban J connectivity index is 4.65. The molecule has 0 bridgehead atoms. The number of carboxylic acids is 1. The zero-order chi connectivity index (χ0) is 13.0. The highest BCUT2D eigenvalue weighted by Crippen LogP contribution is 2.30. The molecule has 0 heterocycles. The summed E-state index contributed by atoms with van der Waals surface area (Å²) in [5.41, 5.74) is -2.87. The first kappa shape index (κ1) is 15.2. The van der Waals surface area contributed by atoms with Crippen LogP contribution in [-0.4, -0.2) is 29.3 Å². The Morgan fingerprint density at radius 3 is 2.00 bits per heavy atom. The van der Waals surface area contributed by atoms with E-state index in [2.05, 4.69) is 5.32 Å². The fourth-order valence-electron chi connectivity index (χ4n) is 1.22. The van der Waals surface area contributed by atoms with Crippen LogP contribution in [0.1, 0.15) is 33.6 Å². The van der Waals surface area contributed by atoms with E-state index in [4.69, 9.17) is 5.11 Å². The number of halogens is 3. The maximum atomic E-state index is 12.6. The second-order valence-corrected chi connectivity index (χ2v) is 3.99. The first-order valence-corrected chi connectivity index (χ1v) is 5.24. The van der Waals surface area contributed by atoms with Crippen molar-refractivity contribution in [2.75, 3.05) is 6.54 Å². The first-order chi connectivity index (χ1) is 7.19. The van der Waals surface area contributed by atoms with Crippen molar-refractivity contribution in [3.63, 3.8) is 0 Å². The molecule has 0 rings (SSSR count). The number of hydrogen-bond donors (Lipinski definition) is 2. The van der Waals surface area contributed by atoms with Crippen molar-refractivity contribution in [1.29, 1.82) is 0 Å². The van der Waals surface area contributed by atoms with Gasteiger partial charge in [-0.3, -0.25) is 5.32 Å². The summed E-state index contributed by atoms with van der Waals surface area (Å²) < 4.78 is 37.7. The van der Waals surface area contributed by atoms with E-state index in [0.717, 1.165) is 12.8 Å². The van der Waals surface area contributed by atoms with Gasteiger partial charge in [-0.05, 0) is 19.4 Å². The van der Waals surface area contributed by atoms with Gasteiger partial charge in [0.1, 0.15) is 0 Å². The van der Waals surface area contributed by atoms with Gasteiger partial charge in [0.05, 0.1) is 0 Å². The van der Waals surface area contributed by atoms with Crippen molar-refractivity contribution in [2.24, 2.45) is 5.92 Å². The predicted molar refractivity (Wildman–Crippen MR) is 54.2 cm³/mol. The fourth-order valence-corrected chi connectivity index (χ4v) is 1.22. The molecule has 0 fully saturated rings. The Morgan fingerprint density at radius 1 is 1.31 bits per heavy atom. The molecule has 0 aromatic carbocycles. The quantitative estimate of drug-likeness (QED) is 0.750. The predicted octanol–water partition coefficient (Wildman–Crippen LogP) is 2.42. The van der Waals surface area contributed by atoms with Crippen molar-refractivity contribution in [3.05, 3.63) is 0 Å². The molecule has 0 saturated carbocycles. The van der Waals surface area contributed by atoms with Crippen molar-refractivity contribution < 1.29 is 23.1 Å². The molecule has 0 spiro atoms. The highest BCUT2D eigenvalue weighted by Gasteiger charge is 2.57. The van der Waals surface area contributed by atoms with E-state index in [1.165, 1.54) is 0 Å². The van der Waals surface area contributed by atoms with Crippen LogP contribution in [0.4, 0.5) is 13.2 Å². The van der Waals surface area contributed by atoms with E-state index < -0.39 is 17.7 Å². The van der Waals surface area contributed by atoms with Crippen LogP contribution in [0.25, 0.3) is 0 Å². The third kappa shape index (κ3) is 3.37. The smallest absolute Gasteiger partial charge is 0.417 e. The normalized spacial score (nSPS) is 16.2. The van der Waals surface area contributed by atoms with Crippen LogP contribution in [0.15, 0.2) is 0 Å². The van der Waals surface area contributed by atoms with Crippen molar-refractivity contribution >= 4 is 5.97 Å². The molecule has 1 atom stereocenters. The Labute approximate surface area is 93.0 Å². The summed E-state index contributed by atoms with van der Waals surface area (Å²) in [7, 11) is 0. The number of nitrogens with one attached hydrogen (secondary N) is 1. The zero-order valence-electron chi connectivity index (χ0n) is 9.69. The minimum absolute atomic E-state index is 0.0509. The molecule has 0 amide bonds. The monoisotopic (exact) mass is 241 g/mol. The van der Waals surface area contributed by atoms with Gasteiger partial charge in [0.25, 0.3) is 0 Å². The summed E-state index contributed by atoms with van der Waals surface area (Å²) in [5, 5.41) is 10.8. The molecule has 0 aliphatic heterocycles. The second kappa shape index (κ2) is 5.52. The van der Waals surface area contributed by atoms with Gasteiger partial charge < -0.3 is 5.11 Å². The minimum atomic E-state index is -4.80. The van der Waals surface area contributed by atoms with Gasteiger partial charge in [0.15, 0.2) is 0 Å². The standard InChI is InChI=1S/C10H18F3NO2/c1-4-7(5-2)6-14-9(3,8(15)16)10(11,12)13/h7,14H,4-6H2,1-3H3,(H,15,16). The van der Waals surface area contributed by atoms with Gasteiger partial charge in [-0.1, -0.05) is 26.7 Å². The van der Waals surface area contributed by atoms with E-state index in [9.17, 15) is 18.0 Å². The topological polar surface area (TPSA) is 49.3 Å². The van der Waals surface area contributed by atoms with E-state index in [-0.39, 0.29) is 12.5 Å². The van der Waals surface area contributed by atoms with E-state index in [1.54, 1.807) is 0 Å². The van der Waals surface area contributed by atoms with Crippen molar-refractivity contribution in [3.8, 4) is 0 Å². The van der Waals surface area contributed by atoms with Crippen LogP contribution < -0.4 is 5.32 Å². The lowest BCUT2D eigenvalue weighted by Crippen LogP contribution is -2.61. The number of rotatable bonds is 6. The number of aliphatic carboxylic acids is 1. The van der Waals surface area contributed by atoms with Crippen LogP contribution >= 0.6 is 0 Å². The Hall–Kier alpha value is -0.780. The molecule has 96 valence electrons. The van der Waals surface area contributed by atoms with Gasteiger partial charge in [0.2, 0.25) is 5.54 Å². The molecule has 16 heavy (non-hydrogen) atoms.